The lowest BCUT2D eigenvalue weighted by molar-refractivity contribution is 0.180. The third kappa shape index (κ3) is 2.60. The van der Waals surface area contributed by atoms with Crippen molar-refractivity contribution in [1.82, 2.24) is 25.0 Å². The number of carbonyl (C=O) groups is 2. The molecule has 5 rings (SSSR count). The molecular weight excluding hydrogens is 358 g/mol. The van der Waals surface area contributed by atoms with Crippen LogP contribution in [0.4, 0.5) is 9.59 Å². The van der Waals surface area contributed by atoms with E-state index in [1.54, 1.807) is 4.90 Å². The summed E-state index contributed by atoms with van der Waals surface area (Å²) in [5, 5.41) is 16.6. The fourth-order valence-corrected chi connectivity index (χ4v) is 4.44. The Bertz CT molecular complexity index is 1110. The van der Waals surface area contributed by atoms with Gasteiger partial charge in [0.1, 0.15) is 0 Å². The van der Waals surface area contributed by atoms with Gasteiger partial charge in [0.2, 0.25) is 0 Å². The molecule has 1 saturated heterocycles. The second kappa shape index (κ2) is 6.05. The minimum Gasteiger partial charge on any atom is -0.465 e. The lowest BCUT2D eigenvalue weighted by atomic mass is 9.82. The van der Waals surface area contributed by atoms with Crippen molar-refractivity contribution in [2.24, 2.45) is 0 Å². The fourth-order valence-electron chi connectivity index (χ4n) is 4.44. The topological polar surface area (TPSA) is 100 Å². The first kappa shape index (κ1) is 16.7. The van der Waals surface area contributed by atoms with Gasteiger partial charge in [0, 0.05) is 47.9 Å². The minimum atomic E-state index is -1.33. The number of aryl methyl sites for hydroxylation is 1. The van der Waals surface area contributed by atoms with Gasteiger partial charge in [-0.15, -0.1) is 0 Å². The smallest absolute Gasteiger partial charge is 0.412 e. The largest absolute Gasteiger partial charge is 0.465 e. The predicted octanol–water partition coefficient (Wildman–Crippen LogP) is 2.83. The van der Waals surface area contributed by atoms with Crippen LogP contribution >= 0.6 is 0 Å². The van der Waals surface area contributed by atoms with Crippen LogP contribution in [-0.4, -0.2) is 50.0 Å². The summed E-state index contributed by atoms with van der Waals surface area (Å²) in [5.41, 5.74) is 3.74. The number of rotatable bonds is 1. The van der Waals surface area contributed by atoms with Gasteiger partial charge < -0.3 is 10.0 Å². The third-order valence-electron chi connectivity index (χ3n) is 5.87. The summed E-state index contributed by atoms with van der Waals surface area (Å²) in [5.74, 6) is 0. The minimum absolute atomic E-state index is 0.161. The van der Waals surface area contributed by atoms with E-state index >= 15 is 0 Å². The first-order valence-corrected chi connectivity index (χ1v) is 9.26. The van der Waals surface area contributed by atoms with Crippen molar-refractivity contribution in [3.63, 3.8) is 0 Å². The van der Waals surface area contributed by atoms with E-state index < -0.39 is 12.1 Å². The maximum Gasteiger partial charge on any atom is 0.412 e. The number of carbonyl (C=O) groups excluding carboxylic acids is 1. The molecule has 2 aliphatic rings. The molecule has 28 heavy (non-hydrogen) atoms. The van der Waals surface area contributed by atoms with Crippen LogP contribution in [-0.2, 0) is 12.0 Å². The van der Waals surface area contributed by atoms with E-state index in [9.17, 15) is 9.59 Å². The Morgan fingerprint density at radius 1 is 1.14 bits per heavy atom. The van der Waals surface area contributed by atoms with Crippen molar-refractivity contribution in [3.05, 3.63) is 48.3 Å². The highest BCUT2D eigenvalue weighted by molar-refractivity contribution is 5.90. The molecule has 1 atom stereocenters. The molecule has 1 aromatic carbocycles. The highest BCUT2D eigenvalue weighted by atomic mass is 16.4. The van der Waals surface area contributed by atoms with Crippen molar-refractivity contribution < 1.29 is 14.7 Å². The SMILES string of the molecule is O=C(O)NC(=O)N1CC[C@]2(CCn3nc(-c4cnc5ccccc5c4)cc32)C1. The van der Waals surface area contributed by atoms with E-state index in [1.165, 1.54) is 0 Å². The number of fused-ring (bicyclic) bond motifs is 3. The molecule has 8 heteroatoms. The summed E-state index contributed by atoms with van der Waals surface area (Å²) < 4.78 is 2.02. The molecule has 3 aromatic rings. The summed E-state index contributed by atoms with van der Waals surface area (Å²) in [7, 11) is 0. The Morgan fingerprint density at radius 2 is 1.96 bits per heavy atom. The van der Waals surface area contributed by atoms with Gasteiger partial charge in [-0.25, -0.2) is 14.9 Å². The molecular formula is C20H19N5O3. The summed E-state index contributed by atoms with van der Waals surface area (Å²) in [6.07, 6.45) is 2.23. The van der Waals surface area contributed by atoms with E-state index in [0.717, 1.165) is 47.2 Å². The standard InChI is InChI=1S/C20H19N5O3/c26-18(22-19(27)28)24-7-5-20(12-24)6-8-25-17(20)10-16(23-25)14-9-13-3-1-2-4-15(13)21-11-14/h1-4,9-11H,5-8,12H2,(H,22,26)(H,27,28)/t20-/m0/s1. The van der Waals surface area contributed by atoms with Crippen molar-refractivity contribution in [1.29, 1.82) is 0 Å². The second-order valence-corrected chi connectivity index (χ2v) is 7.49. The van der Waals surface area contributed by atoms with Crippen LogP contribution in [0.5, 0.6) is 0 Å². The van der Waals surface area contributed by atoms with Crippen LogP contribution in [0.1, 0.15) is 18.5 Å². The molecule has 0 radical (unpaired) electrons. The normalized spacial score (nSPS) is 20.6. The Labute approximate surface area is 160 Å². The van der Waals surface area contributed by atoms with Gasteiger partial charge >= 0.3 is 12.1 Å². The number of hydrogen-bond donors (Lipinski definition) is 2. The first-order chi connectivity index (χ1) is 13.5. The third-order valence-corrected chi connectivity index (χ3v) is 5.87. The number of likely N-dealkylation sites (tertiary alicyclic amines) is 1. The summed E-state index contributed by atoms with van der Waals surface area (Å²) in [6, 6.07) is 11.6. The maximum absolute atomic E-state index is 12.1. The van der Waals surface area contributed by atoms with Gasteiger partial charge in [-0.1, -0.05) is 18.2 Å². The number of urea groups is 1. The number of nitrogens with zero attached hydrogens (tertiary/aromatic N) is 4. The molecule has 8 nitrogen and oxygen atoms in total. The summed E-state index contributed by atoms with van der Waals surface area (Å²) >= 11 is 0. The van der Waals surface area contributed by atoms with Gasteiger partial charge in [0.25, 0.3) is 0 Å². The van der Waals surface area contributed by atoms with E-state index in [4.69, 9.17) is 10.2 Å². The summed E-state index contributed by atoms with van der Waals surface area (Å²) in [4.78, 5) is 28.9. The van der Waals surface area contributed by atoms with Crippen LogP contribution in [0, 0.1) is 0 Å². The number of benzene rings is 1. The van der Waals surface area contributed by atoms with Crippen molar-refractivity contribution in [2.75, 3.05) is 13.1 Å². The molecule has 0 bridgehead atoms. The number of pyridine rings is 1. The molecule has 0 unspecified atom stereocenters. The number of nitrogens with one attached hydrogen (secondary N) is 1. The number of para-hydroxylation sites is 1. The van der Waals surface area contributed by atoms with Gasteiger partial charge in [0.05, 0.1) is 11.2 Å². The lowest BCUT2D eigenvalue weighted by Crippen LogP contribution is -2.42. The number of hydrogen-bond acceptors (Lipinski definition) is 4. The molecule has 1 spiro atoms. The van der Waals surface area contributed by atoms with Crippen LogP contribution in [0.3, 0.4) is 0 Å². The highest BCUT2D eigenvalue weighted by Crippen LogP contribution is 2.43. The molecule has 2 N–H and O–H groups in total. The molecule has 4 heterocycles. The van der Waals surface area contributed by atoms with Crippen LogP contribution in [0.15, 0.2) is 42.6 Å². The van der Waals surface area contributed by atoms with Crippen molar-refractivity contribution in [2.45, 2.75) is 24.8 Å². The van der Waals surface area contributed by atoms with Crippen molar-refractivity contribution >= 4 is 23.0 Å². The Kier molecular flexibility index (Phi) is 3.61. The van der Waals surface area contributed by atoms with Crippen molar-refractivity contribution in [3.8, 4) is 11.3 Å². The number of imide groups is 1. The zero-order chi connectivity index (χ0) is 19.3. The fraction of sp³-hybridized carbons (Fsp3) is 0.300. The Hall–Kier alpha value is -3.42. The molecule has 2 aromatic heterocycles. The molecule has 3 amide bonds. The second-order valence-electron chi connectivity index (χ2n) is 7.49. The van der Waals surface area contributed by atoms with Gasteiger partial charge in [-0.05, 0) is 31.0 Å². The van der Waals surface area contributed by atoms with Gasteiger partial charge in [-0.2, -0.15) is 5.10 Å². The zero-order valence-electron chi connectivity index (χ0n) is 15.1. The zero-order valence-corrected chi connectivity index (χ0v) is 15.1. The van der Waals surface area contributed by atoms with Crippen LogP contribution in [0.25, 0.3) is 22.2 Å². The number of aromatic nitrogens is 3. The molecule has 0 aliphatic carbocycles. The Balaban J connectivity index is 1.44. The van der Waals surface area contributed by atoms with Crippen LogP contribution < -0.4 is 5.32 Å². The van der Waals surface area contributed by atoms with E-state index in [2.05, 4.69) is 17.1 Å². The summed E-state index contributed by atoms with van der Waals surface area (Å²) in [6.45, 7) is 1.84. The average molecular weight is 377 g/mol. The first-order valence-electron chi connectivity index (χ1n) is 9.26. The predicted molar refractivity (Wildman–Crippen MR) is 102 cm³/mol. The average Bonchev–Trinajstić information content (AvgIpc) is 3.38. The highest BCUT2D eigenvalue weighted by Gasteiger charge is 2.47. The quantitative estimate of drug-likeness (QED) is 0.679. The van der Waals surface area contributed by atoms with E-state index in [-0.39, 0.29) is 5.41 Å². The van der Waals surface area contributed by atoms with Gasteiger partial charge in [-0.3, -0.25) is 9.67 Å². The van der Waals surface area contributed by atoms with E-state index in [1.807, 2.05) is 40.5 Å². The molecule has 2 aliphatic heterocycles. The number of amides is 3. The lowest BCUT2D eigenvalue weighted by Gasteiger charge is -2.23. The van der Waals surface area contributed by atoms with Gasteiger partial charge in [0.15, 0.2) is 0 Å². The monoisotopic (exact) mass is 377 g/mol. The molecule has 0 saturated carbocycles. The Morgan fingerprint density at radius 3 is 2.82 bits per heavy atom. The van der Waals surface area contributed by atoms with Crippen LogP contribution in [0.2, 0.25) is 0 Å². The van der Waals surface area contributed by atoms with E-state index in [0.29, 0.717) is 13.1 Å². The molecule has 142 valence electrons. The number of carboxylic acid groups (broad SMARTS) is 1. The molecule has 1 fully saturated rings. The maximum atomic E-state index is 12.1.